The predicted molar refractivity (Wildman–Crippen MR) is 112 cm³/mol. The molecule has 10 heteroatoms. The van der Waals surface area contributed by atoms with Gasteiger partial charge in [-0.2, -0.15) is 13.1 Å². The van der Waals surface area contributed by atoms with Crippen LogP contribution in [0.15, 0.2) is 23.1 Å². The van der Waals surface area contributed by atoms with Gasteiger partial charge in [0.1, 0.15) is 22.0 Å². The van der Waals surface area contributed by atoms with Gasteiger partial charge in [-0.05, 0) is 50.9 Å². The van der Waals surface area contributed by atoms with Crippen LogP contribution in [-0.2, 0) is 14.8 Å². The molecule has 2 fully saturated rings. The summed E-state index contributed by atoms with van der Waals surface area (Å²) in [6, 6.07) is 4.30. The number of aromatic nitrogens is 2. The zero-order chi connectivity index (χ0) is 20.3. The number of hydrogen-bond acceptors (Lipinski definition) is 7. The van der Waals surface area contributed by atoms with Crippen LogP contribution in [0.4, 0.5) is 0 Å². The van der Waals surface area contributed by atoms with E-state index in [2.05, 4.69) is 19.0 Å². The third-order valence-corrected chi connectivity index (χ3v) is 8.25. The number of amides is 1. The van der Waals surface area contributed by atoms with E-state index in [1.54, 1.807) is 18.2 Å². The number of rotatable bonds is 6. The first-order valence-electron chi connectivity index (χ1n) is 10.3. The van der Waals surface area contributed by atoms with Gasteiger partial charge in [0.15, 0.2) is 0 Å². The quantitative estimate of drug-likeness (QED) is 0.741. The number of benzene rings is 1. The van der Waals surface area contributed by atoms with E-state index in [9.17, 15) is 13.2 Å². The van der Waals surface area contributed by atoms with Gasteiger partial charge in [0.25, 0.3) is 0 Å². The van der Waals surface area contributed by atoms with E-state index in [1.165, 1.54) is 30.0 Å². The molecule has 0 bridgehead atoms. The van der Waals surface area contributed by atoms with Crippen LogP contribution in [0.1, 0.15) is 38.5 Å². The molecular formula is C19H27N5O3S2. The second-order valence-corrected chi connectivity index (χ2v) is 10.1. The normalized spacial score (nSPS) is 22.0. The summed E-state index contributed by atoms with van der Waals surface area (Å²) in [7, 11) is -3.81. The van der Waals surface area contributed by atoms with Crippen LogP contribution < -0.4 is 5.32 Å². The lowest BCUT2D eigenvalue weighted by atomic mass is 10.2. The molecule has 0 saturated carbocycles. The van der Waals surface area contributed by atoms with Crippen LogP contribution in [0.2, 0.25) is 0 Å². The maximum Gasteiger partial charge on any atom is 0.246 e. The summed E-state index contributed by atoms with van der Waals surface area (Å²) in [5.41, 5.74) is 0.943. The van der Waals surface area contributed by atoms with Crippen LogP contribution in [0.5, 0.6) is 0 Å². The average Bonchev–Trinajstić information content (AvgIpc) is 3.33. The molecule has 0 spiro atoms. The van der Waals surface area contributed by atoms with Gasteiger partial charge in [-0.15, -0.1) is 0 Å². The van der Waals surface area contributed by atoms with Gasteiger partial charge in [0.2, 0.25) is 15.9 Å². The number of hydrogen-bond donors (Lipinski definition) is 1. The molecule has 2 aliphatic heterocycles. The number of likely N-dealkylation sites (tertiary alicyclic amines) is 1. The van der Waals surface area contributed by atoms with E-state index in [4.69, 9.17) is 0 Å². The Morgan fingerprint density at radius 2 is 1.90 bits per heavy atom. The molecule has 1 amide bonds. The Labute approximate surface area is 175 Å². The third-order valence-electron chi connectivity index (χ3n) is 5.77. The lowest BCUT2D eigenvalue weighted by molar-refractivity contribution is -0.124. The van der Waals surface area contributed by atoms with Crippen molar-refractivity contribution >= 4 is 38.7 Å². The maximum absolute atomic E-state index is 13.3. The first-order chi connectivity index (χ1) is 14.1. The Morgan fingerprint density at radius 3 is 2.69 bits per heavy atom. The van der Waals surface area contributed by atoms with E-state index in [0.29, 0.717) is 37.0 Å². The fourth-order valence-electron chi connectivity index (χ4n) is 4.22. The summed E-state index contributed by atoms with van der Waals surface area (Å²) >= 11 is 0.992. The molecule has 1 N–H and O–H groups in total. The van der Waals surface area contributed by atoms with Crippen molar-refractivity contribution in [1.82, 2.24) is 23.3 Å². The van der Waals surface area contributed by atoms with Crippen LogP contribution in [0.3, 0.4) is 0 Å². The molecule has 2 aromatic rings. The van der Waals surface area contributed by atoms with Crippen molar-refractivity contribution in [2.45, 2.75) is 49.5 Å². The monoisotopic (exact) mass is 437 g/mol. The van der Waals surface area contributed by atoms with Crippen molar-refractivity contribution < 1.29 is 13.2 Å². The molecule has 0 unspecified atom stereocenters. The highest BCUT2D eigenvalue weighted by molar-refractivity contribution is 7.89. The van der Waals surface area contributed by atoms with E-state index in [1.807, 2.05) is 0 Å². The van der Waals surface area contributed by atoms with E-state index in [0.717, 1.165) is 31.4 Å². The molecule has 29 heavy (non-hydrogen) atoms. The molecule has 2 saturated heterocycles. The number of nitrogens with zero attached hydrogens (tertiary/aromatic N) is 4. The number of sulfonamides is 1. The van der Waals surface area contributed by atoms with Crippen molar-refractivity contribution in [2.24, 2.45) is 0 Å². The first-order valence-corrected chi connectivity index (χ1v) is 12.5. The summed E-state index contributed by atoms with van der Waals surface area (Å²) < 4.78 is 36.2. The topological polar surface area (TPSA) is 95.5 Å². The highest BCUT2D eigenvalue weighted by Gasteiger charge is 2.40. The van der Waals surface area contributed by atoms with Crippen LogP contribution in [-0.4, -0.2) is 71.0 Å². The highest BCUT2D eigenvalue weighted by Crippen LogP contribution is 2.30. The zero-order valence-corrected chi connectivity index (χ0v) is 18.1. The average molecular weight is 438 g/mol. The molecular weight excluding hydrogens is 410 g/mol. The SMILES string of the molecule is O=C(NCCN1CCCCCC1)[C@@H]1CCCN1S(=O)(=O)c1cccc2nsnc12. The van der Waals surface area contributed by atoms with Crippen LogP contribution in [0.25, 0.3) is 11.0 Å². The van der Waals surface area contributed by atoms with Crippen molar-refractivity contribution in [1.29, 1.82) is 0 Å². The highest BCUT2D eigenvalue weighted by atomic mass is 32.2. The van der Waals surface area contributed by atoms with E-state index < -0.39 is 16.1 Å². The minimum Gasteiger partial charge on any atom is -0.353 e. The van der Waals surface area contributed by atoms with Gasteiger partial charge in [-0.1, -0.05) is 18.9 Å². The molecule has 2 aliphatic rings. The Hall–Kier alpha value is -1.62. The summed E-state index contributed by atoms with van der Waals surface area (Å²) in [6.45, 7) is 3.86. The lowest BCUT2D eigenvalue weighted by Gasteiger charge is -2.24. The Morgan fingerprint density at radius 1 is 1.10 bits per heavy atom. The molecule has 0 aliphatic carbocycles. The molecule has 1 aromatic carbocycles. The molecule has 0 radical (unpaired) electrons. The van der Waals surface area contributed by atoms with Gasteiger partial charge in [0.05, 0.1) is 11.7 Å². The van der Waals surface area contributed by atoms with Gasteiger partial charge in [0, 0.05) is 19.6 Å². The second kappa shape index (κ2) is 9.03. The van der Waals surface area contributed by atoms with Crippen LogP contribution >= 0.6 is 11.7 Å². The fraction of sp³-hybridized carbons (Fsp3) is 0.632. The van der Waals surface area contributed by atoms with Gasteiger partial charge in [-0.25, -0.2) is 8.42 Å². The fourth-order valence-corrected chi connectivity index (χ4v) is 6.63. The summed E-state index contributed by atoms with van der Waals surface area (Å²) in [5.74, 6) is -0.204. The molecule has 4 rings (SSSR count). The van der Waals surface area contributed by atoms with Crippen molar-refractivity contribution in [3.05, 3.63) is 18.2 Å². The molecule has 1 aromatic heterocycles. The standard InChI is InChI=1S/C19H27N5O3S2/c25-19(20-10-14-23-11-3-1-2-4-12-23)16-8-6-13-24(16)29(26,27)17-9-5-7-15-18(17)22-28-21-15/h5,7,9,16H,1-4,6,8,10-14H2,(H,20,25)/t16-/m0/s1. The summed E-state index contributed by atoms with van der Waals surface area (Å²) in [4.78, 5) is 15.3. The molecule has 158 valence electrons. The third kappa shape index (κ3) is 4.45. The smallest absolute Gasteiger partial charge is 0.246 e. The molecule has 8 nitrogen and oxygen atoms in total. The second-order valence-electron chi connectivity index (χ2n) is 7.71. The van der Waals surface area contributed by atoms with Crippen molar-refractivity contribution in [2.75, 3.05) is 32.7 Å². The number of nitrogens with one attached hydrogen (secondary N) is 1. The van der Waals surface area contributed by atoms with Crippen molar-refractivity contribution in [3.63, 3.8) is 0 Å². The van der Waals surface area contributed by atoms with E-state index in [-0.39, 0.29) is 10.8 Å². The summed E-state index contributed by atoms with van der Waals surface area (Å²) in [5, 5.41) is 2.97. The Kier molecular flexibility index (Phi) is 6.43. The van der Waals surface area contributed by atoms with Gasteiger partial charge < -0.3 is 10.2 Å². The number of carbonyl (C=O) groups is 1. The molecule has 3 heterocycles. The summed E-state index contributed by atoms with van der Waals surface area (Å²) in [6.07, 6.45) is 6.19. The van der Waals surface area contributed by atoms with Gasteiger partial charge >= 0.3 is 0 Å². The largest absolute Gasteiger partial charge is 0.353 e. The van der Waals surface area contributed by atoms with Gasteiger partial charge in [-0.3, -0.25) is 4.79 Å². The number of carbonyl (C=O) groups excluding carboxylic acids is 1. The van der Waals surface area contributed by atoms with Crippen molar-refractivity contribution in [3.8, 4) is 0 Å². The van der Waals surface area contributed by atoms with E-state index >= 15 is 0 Å². The Bertz CT molecular complexity index is 954. The molecule has 1 atom stereocenters. The minimum atomic E-state index is -3.81. The minimum absolute atomic E-state index is 0.132. The van der Waals surface area contributed by atoms with Crippen LogP contribution in [0, 0.1) is 0 Å². The number of fused-ring (bicyclic) bond motifs is 1. The maximum atomic E-state index is 13.3. The Balaban J connectivity index is 1.42. The first kappa shape index (κ1) is 20.6. The zero-order valence-electron chi connectivity index (χ0n) is 16.4. The lowest BCUT2D eigenvalue weighted by Crippen LogP contribution is -2.47. The predicted octanol–water partition coefficient (Wildman–Crippen LogP) is 1.84.